The summed E-state index contributed by atoms with van der Waals surface area (Å²) in [5, 5.41) is 13.7. The van der Waals surface area contributed by atoms with Crippen molar-refractivity contribution in [2.45, 2.75) is 57.9 Å². The van der Waals surface area contributed by atoms with Crippen molar-refractivity contribution in [1.29, 1.82) is 0 Å². The Labute approximate surface area is 243 Å². The van der Waals surface area contributed by atoms with E-state index in [4.69, 9.17) is 16.3 Å². The van der Waals surface area contributed by atoms with Crippen LogP contribution in [0.1, 0.15) is 72.6 Å². The highest BCUT2D eigenvalue weighted by Gasteiger charge is 2.26. The molecule has 41 heavy (non-hydrogen) atoms. The van der Waals surface area contributed by atoms with Crippen LogP contribution in [0.25, 0.3) is 33.5 Å². The standard InChI is InChI=1S/C32H33ClFN3O4/c1-3-8-25(18-9-5-4-6-10-18)37-31(38)19-13-14-20(22(15-19)32(39)40)29-21(11-7-12-23(29)33)30-35-26-16-24(34)28(41-2)17-27(26)36-30/h7,11-18,25H,3-6,8-10H2,1-2H3,(H,35,36)(H,37,38)(H,39,40)/t25-/m0/s1. The summed E-state index contributed by atoms with van der Waals surface area (Å²) in [7, 11) is 1.38. The molecule has 0 bridgehead atoms. The number of hydrogen-bond donors (Lipinski definition) is 3. The predicted molar refractivity (Wildman–Crippen MR) is 158 cm³/mol. The lowest BCUT2D eigenvalue weighted by atomic mass is 9.82. The highest BCUT2D eigenvalue weighted by Crippen LogP contribution is 2.39. The number of carbonyl (C=O) groups excluding carboxylic acids is 1. The van der Waals surface area contributed by atoms with E-state index in [9.17, 15) is 19.1 Å². The first-order valence-electron chi connectivity index (χ1n) is 14.0. The molecule has 1 fully saturated rings. The number of aromatic carboxylic acids is 1. The number of halogens is 2. The molecule has 214 valence electrons. The van der Waals surface area contributed by atoms with E-state index in [-0.39, 0.29) is 28.8 Å². The molecule has 0 aliphatic heterocycles. The monoisotopic (exact) mass is 577 g/mol. The van der Waals surface area contributed by atoms with Crippen molar-refractivity contribution >= 4 is 34.5 Å². The number of methoxy groups -OCH3 is 1. The van der Waals surface area contributed by atoms with Crippen molar-refractivity contribution in [3.8, 4) is 28.3 Å². The molecule has 0 saturated heterocycles. The van der Waals surface area contributed by atoms with E-state index in [1.165, 1.54) is 44.6 Å². The van der Waals surface area contributed by atoms with Gasteiger partial charge in [-0.05, 0) is 48.9 Å². The smallest absolute Gasteiger partial charge is 0.336 e. The number of carbonyl (C=O) groups is 2. The maximum Gasteiger partial charge on any atom is 0.336 e. The van der Waals surface area contributed by atoms with E-state index in [1.54, 1.807) is 30.3 Å². The first kappa shape index (κ1) is 28.6. The number of nitrogens with zero attached hydrogens (tertiary/aromatic N) is 1. The number of imidazole rings is 1. The number of amides is 1. The van der Waals surface area contributed by atoms with Crippen LogP contribution in [-0.4, -0.2) is 40.1 Å². The number of carboxylic acid groups (broad SMARTS) is 1. The molecule has 1 saturated carbocycles. The van der Waals surface area contributed by atoms with Gasteiger partial charge < -0.3 is 20.1 Å². The maximum atomic E-state index is 14.3. The number of hydrogen-bond acceptors (Lipinski definition) is 4. The number of benzene rings is 3. The molecular formula is C32H33ClFN3O4. The molecule has 9 heteroatoms. The third-order valence-electron chi connectivity index (χ3n) is 7.94. The zero-order chi connectivity index (χ0) is 29.1. The van der Waals surface area contributed by atoms with Crippen molar-refractivity contribution in [3.05, 3.63) is 70.5 Å². The minimum Gasteiger partial charge on any atom is -0.494 e. The second-order valence-corrected chi connectivity index (χ2v) is 11.0. The Morgan fingerprint density at radius 3 is 2.63 bits per heavy atom. The minimum atomic E-state index is -1.19. The van der Waals surface area contributed by atoms with Crippen LogP contribution in [0.15, 0.2) is 48.5 Å². The van der Waals surface area contributed by atoms with Crippen molar-refractivity contribution in [2.75, 3.05) is 7.11 Å². The van der Waals surface area contributed by atoms with Gasteiger partial charge in [-0.2, -0.15) is 0 Å². The normalized spacial score (nSPS) is 14.6. The van der Waals surface area contributed by atoms with Crippen molar-refractivity contribution in [3.63, 3.8) is 0 Å². The topological polar surface area (TPSA) is 104 Å². The third-order valence-corrected chi connectivity index (χ3v) is 8.26. The summed E-state index contributed by atoms with van der Waals surface area (Å²) < 4.78 is 19.4. The maximum absolute atomic E-state index is 14.3. The SMILES string of the molecule is CCC[C@H](NC(=O)c1ccc(-c2c(Cl)cccc2-c2nc3cc(OC)c(F)cc3[nH]2)c(C(=O)O)c1)C1CCCCC1. The van der Waals surface area contributed by atoms with Crippen LogP contribution in [0.5, 0.6) is 5.75 Å². The molecule has 1 aromatic heterocycles. The molecule has 4 aromatic rings. The van der Waals surface area contributed by atoms with Gasteiger partial charge in [-0.15, -0.1) is 0 Å². The number of nitrogens with one attached hydrogen (secondary N) is 2. The van der Waals surface area contributed by atoms with E-state index in [0.29, 0.717) is 44.5 Å². The number of H-pyrrole nitrogens is 1. The van der Waals surface area contributed by atoms with Gasteiger partial charge in [0, 0.05) is 39.9 Å². The van der Waals surface area contributed by atoms with Crippen molar-refractivity contribution in [1.82, 2.24) is 15.3 Å². The summed E-state index contributed by atoms with van der Waals surface area (Å²) in [5.41, 5.74) is 2.48. The summed E-state index contributed by atoms with van der Waals surface area (Å²) in [4.78, 5) is 33.5. The van der Waals surface area contributed by atoms with E-state index < -0.39 is 11.8 Å². The Morgan fingerprint density at radius 2 is 1.93 bits per heavy atom. The number of aromatic amines is 1. The van der Waals surface area contributed by atoms with Gasteiger partial charge >= 0.3 is 5.97 Å². The van der Waals surface area contributed by atoms with E-state index in [0.717, 1.165) is 25.7 Å². The molecule has 3 N–H and O–H groups in total. The summed E-state index contributed by atoms with van der Waals surface area (Å²) >= 11 is 6.66. The van der Waals surface area contributed by atoms with Crippen LogP contribution >= 0.6 is 11.6 Å². The fraction of sp³-hybridized carbons (Fsp3) is 0.344. The molecule has 5 rings (SSSR count). The summed E-state index contributed by atoms with van der Waals surface area (Å²) in [6.45, 7) is 2.11. The van der Waals surface area contributed by atoms with Gasteiger partial charge in [-0.25, -0.2) is 14.2 Å². The largest absolute Gasteiger partial charge is 0.494 e. The Hall–Kier alpha value is -3.91. The van der Waals surface area contributed by atoms with Crippen LogP contribution < -0.4 is 10.1 Å². The van der Waals surface area contributed by atoms with Crippen LogP contribution in [0.3, 0.4) is 0 Å². The molecule has 0 unspecified atom stereocenters. The Balaban J connectivity index is 1.53. The molecule has 3 aromatic carbocycles. The lowest BCUT2D eigenvalue weighted by Crippen LogP contribution is -2.41. The summed E-state index contributed by atoms with van der Waals surface area (Å²) in [6.07, 6.45) is 7.62. The quantitative estimate of drug-likeness (QED) is 0.188. The molecule has 1 aliphatic carbocycles. The van der Waals surface area contributed by atoms with Gasteiger partial charge in [-0.3, -0.25) is 4.79 Å². The Bertz CT molecular complexity index is 1600. The third kappa shape index (κ3) is 5.93. The second kappa shape index (κ2) is 12.3. The summed E-state index contributed by atoms with van der Waals surface area (Å²) in [5.74, 6) is -1.11. The molecule has 0 spiro atoms. The number of carboxylic acids is 1. The fourth-order valence-corrected chi connectivity index (χ4v) is 6.17. The number of aromatic nitrogens is 2. The van der Waals surface area contributed by atoms with Crippen LogP contribution in [0, 0.1) is 11.7 Å². The number of fused-ring (bicyclic) bond motifs is 1. The molecule has 1 heterocycles. The van der Waals surface area contributed by atoms with E-state index >= 15 is 0 Å². The second-order valence-electron chi connectivity index (χ2n) is 10.6. The predicted octanol–water partition coefficient (Wildman–Crippen LogP) is 7.88. The fourth-order valence-electron chi connectivity index (χ4n) is 5.90. The first-order valence-corrected chi connectivity index (χ1v) is 14.4. The van der Waals surface area contributed by atoms with Crippen molar-refractivity contribution in [2.24, 2.45) is 5.92 Å². The first-order chi connectivity index (χ1) is 19.8. The Kier molecular flexibility index (Phi) is 8.59. The van der Waals surface area contributed by atoms with Gasteiger partial charge in [0.2, 0.25) is 0 Å². The lowest BCUT2D eigenvalue weighted by Gasteiger charge is -2.31. The highest BCUT2D eigenvalue weighted by atomic mass is 35.5. The average Bonchev–Trinajstić information content (AvgIpc) is 3.39. The van der Waals surface area contributed by atoms with Crippen LogP contribution in [0.4, 0.5) is 4.39 Å². The van der Waals surface area contributed by atoms with Crippen molar-refractivity contribution < 1.29 is 23.8 Å². The van der Waals surface area contributed by atoms with Gasteiger partial charge in [0.15, 0.2) is 11.6 Å². The lowest BCUT2D eigenvalue weighted by molar-refractivity contribution is 0.0697. The molecular weight excluding hydrogens is 545 g/mol. The zero-order valence-electron chi connectivity index (χ0n) is 23.1. The van der Waals surface area contributed by atoms with Crippen LogP contribution in [0.2, 0.25) is 5.02 Å². The molecule has 1 atom stereocenters. The Morgan fingerprint density at radius 1 is 1.15 bits per heavy atom. The number of rotatable bonds is 9. The minimum absolute atomic E-state index is 0.0551. The van der Waals surface area contributed by atoms with Gasteiger partial charge in [0.25, 0.3) is 5.91 Å². The average molecular weight is 578 g/mol. The molecule has 0 radical (unpaired) electrons. The van der Waals surface area contributed by atoms with E-state index in [1.807, 2.05) is 0 Å². The van der Waals surface area contributed by atoms with Gasteiger partial charge in [0.1, 0.15) is 5.82 Å². The number of ether oxygens (including phenoxy) is 1. The highest BCUT2D eigenvalue weighted by molar-refractivity contribution is 6.34. The van der Waals surface area contributed by atoms with Gasteiger partial charge in [-0.1, -0.05) is 62.4 Å². The zero-order valence-corrected chi connectivity index (χ0v) is 23.9. The molecule has 1 aliphatic rings. The van der Waals surface area contributed by atoms with Gasteiger partial charge in [0.05, 0.1) is 23.7 Å². The van der Waals surface area contributed by atoms with E-state index in [2.05, 4.69) is 22.2 Å². The summed E-state index contributed by atoms with van der Waals surface area (Å²) in [6, 6.07) is 12.7. The molecule has 7 nitrogen and oxygen atoms in total. The van der Waals surface area contributed by atoms with Crippen LogP contribution in [-0.2, 0) is 0 Å². The molecule has 1 amide bonds.